The summed E-state index contributed by atoms with van der Waals surface area (Å²) in [5, 5.41) is 0. The fourth-order valence-corrected chi connectivity index (χ4v) is 4.14. The van der Waals surface area contributed by atoms with Crippen molar-refractivity contribution in [3.63, 3.8) is 0 Å². The van der Waals surface area contributed by atoms with E-state index in [9.17, 15) is 8.42 Å². The van der Waals surface area contributed by atoms with Crippen LogP contribution in [0.1, 0.15) is 25.0 Å². The van der Waals surface area contributed by atoms with Gasteiger partial charge in [-0.2, -0.15) is 17.0 Å². The van der Waals surface area contributed by atoms with Crippen LogP contribution in [0.25, 0.3) is 0 Å². The third-order valence-electron chi connectivity index (χ3n) is 4.02. The number of nitrogens with zero attached hydrogens (tertiary/aromatic N) is 2. The molecule has 0 bridgehead atoms. The van der Waals surface area contributed by atoms with Crippen molar-refractivity contribution < 1.29 is 8.42 Å². The average molecular weight is 311 g/mol. The van der Waals surface area contributed by atoms with Crippen molar-refractivity contribution in [3.05, 3.63) is 35.4 Å². The topological polar surface area (TPSA) is 66.6 Å². The minimum atomic E-state index is -3.44. The summed E-state index contributed by atoms with van der Waals surface area (Å²) in [6.45, 7) is 5.81. The number of benzene rings is 1. The molecule has 0 unspecified atom stereocenters. The lowest BCUT2D eigenvalue weighted by atomic mass is 9.94. The van der Waals surface area contributed by atoms with E-state index in [0.717, 1.165) is 12.0 Å². The Balaban J connectivity index is 2.14. The summed E-state index contributed by atoms with van der Waals surface area (Å²) in [4.78, 5) is 0. The summed E-state index contributed by atoms with van der Waals surface area (Å²) < 4.78 is 28.4. The summed E-state index contributed by atoms with van der Waals surface area (Å²) >= 11 is 0. The van der Waals surface area contributed by atoms with Gasteiger partial charge in [0, 0.05) is 26.7 Å². The van der Waals surface area contributed by atoms with Crippen LogP contribution >= 0.6 is 0 Å². The summed E-state index contributed by atoms with van der Waals surface area (Å²) in [6.07, 6.45) is 0.767. The van der Waals surface area contributed by atoms with E-state index in [1.807, 2.05) is 32.0 Å². The molecule has 0 fully saturated rings. The zero-order chi connectivity index (χ0) is 15.7. The number of rotatable bonds is 5. The maximum absolute atomic E-state index is 12.7. The van der Waals surface area contributed by atoms with E-state index in [0.29, 0.717) is 26.2 Å². The van der Waals surface area contributed by atoms with Crippen LogP contribution in [-0.4, -0.2) is 43.7 Å². The second kappa shape index (κ2) is 6.04. The van der Waals surface area contributed by atoms with Crippen LogP contribution in [0.3, 0.4) is 0 Å². The first-order valence-corrected chi connectivity index (χ1v) is 8.64. The Morgan fingerprint density at radius 1 is 1.29 bits per heavy atom. The maximum Gasteiger partial charge on any atom is 0.282 e. The third kappa shape index (κ3) is 3.63. The van der Waals surface area contributed by atoms with Crippen LogP contribution in [-0.2, 0) is 23.2 Å². The van der Waals surface area contributed by atoms with Gasteiger partial charge in [0.2, 0.25) is 0 Å². The molecule has 1 aliphatic heterocycles. The van der Waals surface area contributed by atoms with E-state index in [2.05, 4.69) is 6.07 Å². The lowest BCUT2D eigenvalue weighted by Crippen LogP contribution is -2.48. The number of fused-ring (bicyclic) bond motifs is 1. The summed E-state index contributed by atoms with van der Waals surface area (Å²) in [5.41, 5.74) is 7.82. The Morgan fingerprint density at radius 3 is 2.52 bits per heavy atom. The van der Waals surface area contributed by atoms with E-state index >= 15 is 0 Å². The molecule has 6 heteroatoms. The number of hydrogen-bond donors (Lipinski definition) is 1. The van der Waals surface area contributed by atoms with Crippen molar-refractivity contribution in [2.24, 2.45) is 11.1 Å². The van der Waals surface area contributed by atoms with Gasteiger partial charge in [0.15, 0.2) is 0 Å². The quantitative estimate of drug-likeness (QED) is 0.889. The average Bonchev–Trinajstić information content (AvgIpc) is 2.46. The fraction of sp³-hybridized carbons (Fsp3) is 0.600. The molecule has 1 aliphatic rings. The van der Waals surface area contributed by atoms with Gasteiger partial charge >= 0.3 is 0 Å². The van der Waals surface area contributed by atoms with E-state index in [-0.39, 0.29) is 5.41 Å². The summed E-state index contributed by atoms with van der Waals surface area (Å²) in [6, 6.07) is 8.02. The highest BCUT2D eigenvalue weighted by Crippen LogP contribution is 2.24. The van der Waals surface area contributed by atoms with E-state index < -0.39 is 10.2 Å². The Hall–Kier alpha value is -0.950. The highest BCUT2D eigenvalue weighted by atomic mass is 32.2. The fourth-order valence-electron chi connectivity index (χ4n) is 2.61. The van der Waals surface area contributed by atoms with Crippen LogP contribution in [0, 0.1) is 5.41 Å². The van der Waals surface area contributed by atoms with Crippen molar-refractivity contribution in [1.29, 1.82) is 0 Å². The molecule has 1 heterocycles. The second-order valence-electron chi connectivity index (χ2n) is 6.48. The van der Waals surface area contributed by atoms with Crippen LogP contribution < -0.4 is 5.73 Å². The molecule has 0 atom stereocenters. The standard InChI is InChI=1S/C15H25N3O2S/c1-15(2,11-16)12-17(3)21(19,20)18-9-8-13-6-4-5-7-14(13)10-18/h4-7H,8-12,16H2,1-3H3. The van der Waals surface area contributed by atoms with Crippen LogP contribution in [0.2, 0.25) is 0 Å². The molecule has 0 radical (unpaired) electrons. The van der Waals surface area contributed by atoms with Crippen LogP contribution in [0.5, 0.6) is 0 Å². The van der Waals surface area contributed by atoms with Gasteiger partial charge in [-0.3, -0.25) is 0 Å². The molecule has 1 aromatic rings. The van der Waals surface area contributed by atoms with E-state index in [1.165, 1.54) is 9.87 Å². The lowest BCUT2D eigenvalue weighted by molar-refractivity contribution is 0.269. The van der Waals surface area contributed by atoms with Crippen molar-refractivity contribution >= 4 is 10.2 Å². The van der Waals surface area contributed by atoms with Crippen molar-refractivity contribution in [3.8, 4) is 0 Å². The highest BCUT2D eigenvalue weighted by molar-refractivity contribution is 7.86. The van der Waals surface area contributed by atoms with E-state index in [1.54, 1.807) is 11.4 Å². The number of nitrogens with two attached hydrogens (primary N) is 1. The van der Waals surface area contributed by atoms with Gasteiger partial charge < -0.3 is 5.73 Å². The molecule has 5 nitrogen and oxygen atoms in total. The third-order valence-corrected chi connectivity index (χ3v) is 5.90. The van der Waals surface area contributed by atoms with Crippen molar-refractivity contribution in [1.82, 2.24) is 8.61 Å². The second-order valence-corrected chi connectivity index (χ2v) is 8.52. The minimum absolute atomic E-state index is 0.227. The monoisotopic (exact) mass is 311 g/mol. The molecular formula is C15H25N3O2S. The zero-order valence-corrected chi connectivity index (χ0v) is 13.9. The molecular weight excluding hydrogens is 286 g/mol. The number of hydrogen-bond acceptors (Lipinski definition) is 3. The Morgan fingerprint density at radius 2 is 1.90 bits per heavy atom. The van der Waals surface area contributed by atoms with Gasteiger partial charge in [0.05, 0.1) is 0 Å². The first-order chi connectivity index (χ1) is 9.76. The first-order valence-electron chi connectivity index (χ1n) is 7.24. The van der Waals surface area contributed by atoms with Gasteiger partial charge in [0.1, 0.15) is 0 Å². The smallest absolute Gasteiger partial charge is 0.282 e. The van der Waals surface area contributed by atoms with Crippen LogP contribution in [0.15, 0.2) is 24.3 Å². The lowest BCUT2D eigenvalue weighted by Gasteiger charge is -2.34. The predicted octanol–water partition coefficient (Wildman–Crippen LogP) is 1.21. The normalized spacial score (nSPS) is 17.0. The van der Waals surface area contributed by atoms with Gasteiger partial charge in [-0.1, -0.05) is 38.1 Å². The Kier molecular flexibility index (Phi) is 4.72. The molecule has 1 aromatic carbocycles. The van der Waals surface area contributed by atoms with Crippen LogP contribution in [0.4, 0.5) is 0 Å². The summed E-state index contributed by atoms with van der Waals surface area (Å²) in [5.74, 6) is 0. The first kappa shape index (κ1) is 16.4. The molecule has 0 aliphatic carbocycles. The van der Waals surface area contributed by atoms with Gasteiger partial charge in [-0.25, -0.2) is 0 Å². The summed E-state index contributed by atoms with van der Waals surface area (Å²) in [7, 11) is -1.80. The molecule has 118 valence electrons. The molecule has 0 spiro atoms. The molecule has 21 heavy (non-hydrogen) atoms. The molecule has 0 amide bonds. The highest BCUT2D eigenvalue weighted by Gasteiger charge is 2.32. The predicted molar refractivity (Wildman–Crippen MR) is 84.9 cm³/mol. The van der Waals surface area contributed by atoms with E-state index in [4.69, 9.17) is 5.73 Å². The Bertz CT molecular complexity index is 599. The molecule has 0 aromatic heterocycles. The SMILES string of the molecule is CN(CC(C)(C)CN)S(=O)(=O)N1CCc2ccccc2C1. The minimum Gasteiger partial charge on any atom is -0.330 e. The maximum atomic E-state index is 12.7. The largest absolute Gasteiger partial charge is 0.330 e. The zero-order valence-electron chi connectivity index (χ0n) is 13.0. The molecule has 0 saturated carbocycles. The Labute approximate surface area is 127 Å². The van der Waals surface area contributed by atoms with Gasteiger partial charge in [0.25, 0.3) is 10.2 Å². The van der Waals surface area contributed by atoms with Gasteiger partial charge in [-0.15, -0.1) is 0 Å². The van der Waals surface area contributed by atoms with Gasteiger partial charge in [-0.05, 0) is 29.5 Å². The van der Waals surface area contributed by atoms with Crippen molar-refractivity contribution in [2.75, 3.05) is 26.7 Å². The molecule has 2 rings (SSSR count). The van der Waals surface area contributed by atoms with Crippen molar-refractivity contribution in [2.45, 2.75) is 26.8 Å². The molecule has 0 saturated heterocycles. The molecule has 2 N–H and O–H groups in total.